The highest BCUT2D eigenvalue weighted by atomic mass is 16.2. The van der Waals surface area contributed by atoms with Crippen LogP contribution in [0.5, 0.6) is 0 Å². The smallest absolute Gasteiger partial charge is 0.229 e. The maximum atomic E-state index is 13.0. The molecule has 170 valence electrons. The van der Waals surface area contributed by atoms with Crippen LogP contribution in [0.2, 0.25) is 0 Å². The van der Waals surface area contributed by atoms with Crippen LogP contribution in [0.4, 0.5) is 0 Å². The van der Waals surface area contributed by atoms with Gasteiger partial charge in [0.05, 0.1) is 12.3 Å². The zero-order valence-corrected chi connectivity index (χ0v) is 19.5. The number of carbonyl (C=O) groups excluding carboxylic acids is 2. The van der Waals surface area contributed by atoms with Crippen molar-refractivity contribution in [1.82, 2.24) is 19.8 Å². The van der Waals surface area contributed by atoms with Gasteiger partial charge in [-0.15, -0.1) is 0 Å². The third kappa shape index (κ3) is 4.84. The molecule has 2 aliphatic heterocycles. The van der Waals surface area contributed by atoms with Gasteiger partial charge in [-0.3, -0.25) is 9.59 Å². The van der Waals surface area contributed by atoms with Gasteiger partial charge in [-0.05, 0) is 52.0 Å². The predicted octanol–water partition coefficient (Wildman–Crippen LogP) is 3.77. The lowest BCUT2D eigenvalue weighted by molar-refractivity contribution is -0.132. The third-order valence-electron chi connectivity index (χ3n) is 7.01. The van der Waals surface area contributed by atoms with Crippen molar-refractivity contribution in [3.05, 3.63) is 58.7 Å². The SMILES string of the molecule is Cc1nc([C@@H]2CCN(C(=O)[C@H](C)c3ccccc3)C2)nc(C)c1CC(=O)N1CCCCC1. The molecule has 0 aliphatic carbocycles. The molecule has 2 aliphatic rings. The molecule has 2 saturated heterocycles. The van der Waals surface area contributed by atoms with E-state index in [4.69, 9.17) is 9.97 Å². The summed E-state index contributed by atoms with van der Waals surface area (Å²) in [5, 5.41) is 0. The van der Waals surface area contributed by atoms with E-state index < -0.39 is 0 Å². The zero-order chi connectivity index (χ0) is 22.7. The highest BCUT2D eigenvalue weighted by molar-refractivity contribution is 5.83. The van der Waals surface area contributed by atoms with Crippen LogP contribution in [0.25, 0.3) is 0 Å². The fraction of sp³-hybridized carbons (Fsp3) is 0.538. The molecule has 3 heterocycles. The van der Waals surface area contributed by atoms with Gasteiger partial charge in [-0.25, -0.2) is 9.97 Å². The van der Waals surface area contributed by atoms with Gasteiger partial charge < -0.3 is 9.80 Å². The Kier molecular flexibility index (Phi) is 6.87. The van der Waals surface area contributed by atoms with Crippen LogP contribution in [0.3, 0.4) is 0 Å². The van der Waals surface area contributed by atoms with Gasteiger partial charge in [0.15, 0.2) is 0 Å². The summed E-state index contributed by atoms with van der Waals surface area (Å²) in [6.45, 7) is 9.05. The lowest BCUT2D eigenvalue weighted by Gasteiger charge is -2.27. The number of aromatic nitrogens is 2. The molecule has 0 unspecified atom stereocenters. The summed E-state index contributed by atoms with van der Waals surface area (Å²) in [5.41, 5.74) is 3.78. The number of aryl methyl sites for hydroxylation is 2. The normalized spacial score (nSPS) is 19.8. The van der Waals surface area contributed by atoms with Gasteiger partial charge in [0.25, 0.3) is 0 Å². The number of amides is 2. The lowest BCUT2D eigenvalue weighted by atomic mass is 10.00. The Morgan fingerprint density at radius 3 is 2.28 bits per heavy atom. The number of carbonyl (C=O) groups is 2. The molecule has 2 aromatic rings. The summed E-state index contributed by atoms with van der Waals surface area (Å²) in [4.78, 5) is 39.3. The molecule has 1 aromatic heterocycles. The minimum atomic E-state index is -0.150. The standard InChI is InChI=1S/C26H34N4O2/c1-18(21-10-6-4-7-11-21)26(32)30-15-12-22(17-30)25-27-19(2)23(20(3)28-25)16-24(31)29-13-8-5-9-14-29/h4,6-7,10-11,18,22H,5,8-9,12-17H2,1-3H3/t18-,22-/m1/s1. The van der Waals surface area contributed by atoms with Crippen molar-refractivity contribution in [3.8, 4) is 0 Å². The van der Waals surface area contributed by atoms with Gasteiger partial charge in [0, 0.05) is 49.0 Å². The van der Waals surface area contributed by atoms with Crippen molar-refractivity contribution in [3.63, 3.8) is 0 Å². The third-order valence-corrected chi connectivity index (χ3v) is 7.01. The monoisotopic (exact) mass is 434 g/mol. The average molecular weight is 435 g/mol. The molecule has 0 radical (unpaired) electrons. The van der Waals surface area contributed by atoms with Crippen LogP contribution in [0.1, 0.15) is 72.8 Å². The Morgan fingerprint density at radius 2 is 1.62 bits per heavy atom. The summed E-state index contributed by atoms with van der Waals surface area (Å²) < 4.78 is 0. The minimum Gasteiger partial charge on any atom is -0.342 e. The molecule has 0 spiro atoms. The lowest BCUT2D eigenvalue weighted by Crippen LogP contribution is -2.37. The van der Waals surface area contributed by atoms with Crippen LogP contribution in [0.15, 0.2) is 30.3 Å². The maximum Gasteiger partial charge on any atom is 0.229 e. The molecule has 2 amide bonds. The van der Waals surface area contributed by atoms with Crippen LogP contribution >= 0.6 is 0 Å². The number of hydrogen-bond donors (Lipinski definition) is 0. The van der Waals surface area contributed by atoms with Gasteiger partial charge in [0.2, 0.25) is 11.8 Å². The Hall–Kier alpha value is -2.76. The quantitative estimate of drug-likeness (QED) is 0.719. The fourth-order valence-electron chi connectivity index (χ4n) is 4.94. The van der Waals surface area contributed by atoms with Crippen LogP contribution in [-0.4, -0.2) is 57.8 Å². The number of benzene rings is 1. The molecule has 1 aromatic carbocycles. The van der Waals surface area contributed by atoms with Crippen molar-refractivity contribution in [1.29, 1.82) is 0 Å². The van der Waals surface area contributed by atoms with E-state index in [-0.39, 0.29) is 23.7 Å². The van der Waals surface area contributed by atoms with Gasteiger partial charge in [-0.2, -0.15) is 0 Å². The summed E-state index contributed by atoms with van der Waals surface area (Å²) in [6, 6.07) is 9.94. The molecule has 6 heteroatoms. The van der Waals surface area contributed by atoms with Crippen molar-refractivity contribution in [2.24, 2.45) is 0 Å². The first-order valence-corrected chi connectivity index (χ1v) is 11.9. The molecule has 4 rings (SSSR count). The minimum absolute atomic E-state index is 0.145. The molecular weight excluding hydrogens is 400 g/mol. The largest absolute Gasteiger partial charge is 0.342 e. The van der Waals surface area contributed by atoms with E-state index in [1.807, 2.05) is 60.9 Å². The Bertz CT molecular complexity index is 946. The first-order valence-electron chi connectivity index (χ1n) is 11.9. The highest BCUT2D eigenvalue weighted by Gasteiger charge is 2.32. The second kappa shape index (κ2) is 9.80. The zero-order valence-electron chi connectivity index (χ0n) is 19.5. The van der Waals surface area contributed by atoms with Crippen molar-refractivity contribution < 1.29 is 9.59 Å². The van der Waals surface area contributed by atoms with Crippen LogP contribution in [-0.2, 0) is 16.0 Å². The Morgan fingerprint density at radius 1 is 0.969 bits per heavy atom. The summed E-state index contributed by atoms with van der Waals surface area (Å²) in [7, 11) is 0. The number of likely N-dealkylation sites (tertiary alicyclic amines) is 2. The number of piperidine rings is 1. The molecule has 0 saturated carbocycles. The van der Waals surface area contributed by atoms with Gasteiger partial charge in [0.1, 0.15) is 5.82 Å². The Labute approximate surface area is 191 Å². The van der Waals surface area contributed by atoms with Crippen molar-refractivity contribution in [2.75, 3.05) is 26.2 Å². The maximum absolute atomic E-state index is 13.0. The molecule has 6 nitrogen and oxygen atoms in total. The van der Waals surface area contributed by atoms with E-state index in [9.17, 15) is 9.59 Å². The molecule has 0 N–H and O–H groups in total. The van der Waals surface area contributed by atoms with Gasteiger partial charge >= 0.3 is 0 Å². The van der Waals surface area contributed by atoms with Crippen molar-refractivity contribution in [2.45, 2.75) is 64.7 Å². The van der Waals surface area contributed by atoms with E-state index in [0.29, 0.717) is 13.0 Å². The van der Waals surface area contributed by atoms with E-state index in [0.717, 1.165) is 67.2 Å². The number of hydrogen-bond acceptors (Lipinski definition) is 4. The van der Waals surface area contributed by atoms with E-state index >= 15 is 0 Å². The van der Waals surface area contributed by atoms with Crippen LogP contribution < -0.4 is 0 Å². The van der Waals surface area contributed by atoms with Crippen LogP contribution in [0, 0.1) is 13.8 Å². The van der Waals surface area contributed by atoms with Gasteiger partial charge in [-0.1, -0.05) is 30.3 Å². The Balaban J connectivity index is 1.42. The molecule has 2 fully saturated rings. The first kappa shape index (κ1) is 22.4. The molecule has 2 atom stereocenters. The number of rotatable bonds is 5. The molecule has 0 bridgehead atoms. The fourth-order valence-corrected chi connectivity index (χ4v) is 4.94. The molecular formula is C26H34N4O2. The second-order valence-electron chi connectivity index (χ2n) is 9.25. The number of nitrogens with zero attached hydrogens (tertiary/aromatic N) is 4. The highest BCUT2D eigenvalue weighted by Crippen LogP contribution is 2.29. The average Bonchev–Trinajstić information content (AvgIpc) is 3.31. The first-order chi connectivity index (χ1) is 15.4. The van der Waals surface area contributed by atoms with Crippen molar-refractivity contribution >= 4 is 11.8 Å². The van der Waals surface area contributed by atoms with E-state index in [1.54, 1.807) is 0 Å². The molecule has 32 heavy (non-hydrogen) atoms. The predicted molar refractivity (Wildman–Crippen MR) is 124 cm³/mol. The van der Waals surface area contributed by atoms with E-state index in [1.165, 1.54) is 6.42 Å². The van der Waals surface area contributed by atoms with E-state index in [2.05, 4.69) is 0 Å². The summed E-state index contributed by atoms with van der Waals surface area (Å²) >= 11 is 0. The second-order valence-corrected chi connectivity index (χ2v) is 9.25. The topological polar surface area (TPSA) is 66.4 Å². The summed E-state index contributed by atoms with van der Waals surface area (Å²) in [6.07, 6.45) is 4.66. The summed E-state index contributed by atoms with van der Waals surface area (Å²) in [5.74, 6) is 1.14.